The highest BCUT2D eigenvalue weighted by Crippen LogP contribution is 2.07. The number of carbonyl (C=O) groups is 1. The van der Waals surface area contributed by atoms with E-state index in [2.05, 4.69) is 10.1 Å². The van der Waals surface area contributed by atoms with Gasteiger partial charge in [-0.1, -0.05) is 0 Å². The number of hydrogen-bond donors (Lipinski definition) is 1. The van der Waals surface area contributed by atoms with Crippen LogP contribution in [-0.4, -0.2) is 40.3 Å². The van der Waals surface area contributed by atoms with E-state index in [4.69, 9.17) is 5.11 Å². The second-order valence-electron chi connectivity index (χ2n) is 3.62. The average molecular weight is 255 g/mol. The van der Waals surface area contributed by atoms with Gasteiger partial charge in [-0.2, -0.15) is 5.10 Å². The first kappa shape index (κ1) is 11.5. The first-order chi connectivity index (χ1) is 7.85. The van der Waals surface area contributed by atoms with Crippen LogP contribution in [0.3, 0.4) is 0 Å². The van der Waals surface area contributed by atoms with Crippen molar-refractivity contribution in [2.75, 3.05) is 6.26 Å². The zero-order valence-corrected chi connectivity index (χ0v) is 9.68. The van der Waals surface area contributed by atoms with E-state index in [1.807, 2.05) is 0 Å². The molecule has 2 aromatic rings. The highest BCUT2D eigenvalue weighted by atomic mass is 32.2. The second kappa shape index (κ2) is 3.81. The van der Waals surface area contributed by atoms with Gasteiger partial charge >= 0.3 is 5.97 Å². The molecule has 0 fully saturated rings. The number of hydrogen-bond acceptors (Lipinski definition) is 5. The Kier molecular flexibility index (Phi) is 2.58. The molecule has 17 heavy (non-hydrogen) atoms. The lowest BCUT2D eigenvalue weighted by molar-refractivity contribution is 0.0697. The predicted octanol–water partition coefficient (Wildman–Crippen LogP) is -0.0279. The number of rotatable bonds is 3. The van der Waals surface area contributed by atoms with Crippen LogP contribution in [0.4, 0.5) is 0 Å². The van der Waals surface area contributed by atoms with E-state index < -0.39 is 15.8 Å². The van der Waals surface area contributed by atoms with E-state index in [1.165, 1.54) is 22.8 Å². The molecule has 0 spiro atoms. The zero-order valence-electron chi connectivity index (χ0n) is 8.86. The van der Waals surface area contributed by atoms with Gasteiger partial charge in [0, 0.05) is 12.5 Å². The van der Waals surface area contributed by atoms with Crippen molar-refractivity contribution >= 4 is 21.5 Å². The number of nitrogens with zero attached hydrogens (tertiary/aromatic N) is 3. The number of sulfone groups is 1. The average Bonchev–Trinajstić information content (AvgIpc) is 2.54. The molecule has 0 saturated carbocycles. The maximum absolute atomic E-state index is 11.1. The van der Waals surface area contributed by atoms with Gasteiger partial charge in [-0.05, 0) is 12.1 Å². The van der Waals surface area contributed by atoms with Crippen molar-refractivity contribution in [1.82, 2.24) is 14.6 Å². The Morgan fingerprint density at radius 1 is 1.53 bits per heavy atom. The van der Waals surface area contributed by atoms with E-state index in [-0.39, 0.29) is 17.1 Å². The Morgan fingerprint density at radius 3 is 2.82 bits per heavy atom. The summed E-state index contributed by atoms with van der Waals surface area (Å²) in [4.78, 5) is 14.7. The lowest BCUT2D eigenvalue weighted by Gasteiger charge is -1.93. The first-order valence-electron chi connectivity index (χ1n) is 4.61. The van der Waals surface area contributed by atoms with Crippen LogP contribution in [0.25, 0.3) is 5.65 Å². The van der Waals surface area contributed by atoms with E-state index in [0.29, 0.717) is 5.65 Å². The molecule has 2 heterocycles. The van der Waals surface area contributed by atoms with Crippen LogP contribution < -0.4 is 0 Å². The molecule has 8 heteroatoms. The Morgan fingerprint density at radius 2 is 2.24 bits per heavy atom. The molecule has 1 N–H and O–H groups in total. The van der Waals surface area contributed by atoms with Gasteiger partial charge in [0.05, 0.1) is 5.56 Å². The summed E-state index contributed by atoms with van der Waals surface area (Å²) in [6, 6.07) is 2.70. The molecular formula is C9H9N3O4S. The molecule has 90 valence electrons. The molecule has 0 aliphatic rings. The van der Waals surface area contributed by atoms with Crippen LogP contribution in [0.15, 0.2) is 18.3 Å². The Balaban J connectivity index is 2.47. The second-order valence-corrected chi connectivity index (χ2v) is 5.76. The summed E-state index contributed by atoms with van der Waals surface area (Å²) in [7, 11) is -3.21. The maximum Gasteiger partial charge on any atom is 0.335 e. The molecule has 0 aliphatic carbocycles. The van der Waals surface area contributed by atoms with E-state index >= 15 is 0 Å². The van der Waals surface area contributed by atoms with Gasteiger partial charge in [0.15, 0.2) is 21.3 Å². The van der Waals surface area contributed by atoms with Gasteiger partial charge < -0.3 is 5.11 Å². The molecule has 0 amide bonds. The van der Waals surface area contributed by atoms with Gasteiger partial charge in [0.2, 0.25) is 0 Å². The van der Waals surface area contributed by atoms with Crippen molar-refractivity contribution in [3.63, 3.8) is 0 Å². The number of pyridine rings is 1. The Hall–Kier alpha value is -1.96. The van der Waals surface area contributed by atoms with Crippen molar-refractivity contribution in [1.29, 1.82) is 0 Å². The highest BCUT2D eigenvalue weighted by Gasteiger charge is 2.12. The third-order valence-electron chi connectivity index (χ3n) is 2.02. The van der Waals surface area contributed by atoms with Crippen molar-refractivity contribution in [2.24, 2.45) is 0 Å². The van der Waals surface area contributed by atoms with Gasteiger partial charge in [0.25, 0.3) is 0 Å². The topological polar surface area (TPSA) is 102 Å². The van der Waals surface area contributed by atoms with Crippen LogP contribution in [-0.2, 0) is 15.6 Å². The first-order valence-corrected chi connectivity index (χ1v) is 6.67. The van der Waals surface area contributed by atoms with E-state index in [0.717, 1.165) is 6.26 Å². The summed E-state index contributed by atoms with van der Waals surface area (Å²) in [5.41, 5.74) is 0.388. The minimum atomic E-state index is -3.21. The molecule has 2 rings (SSSR count). The van der Waals surface area contributed by atoms with Gasteiger partial charge in [-0.25, -0.2) is 22.7 Å². The van der Waals surface area contributed by atoms with Crippen LogP contribution in [0.5, 0.6) is 0 Å². The SMILES string of the molecule is CS(=O)(=O)Cc1nc2cc(C(=O)O)ccn2n1. The molecule has 7 nitrogen and oxygen atoms in total. The van der Waals surface area contributed by atoms with Gasteiger partial charge in [-0.15, -0.1) is 0 Å². The number of carboxylic acid groups (broad SMARTS) is 1. The van der Waals surface area contributed by atoms with Gasteiger partial charge in [-0.3, -0.25) is 0 Å². The molecule has 0 aromatic carbocycles. The molecule has 0 bridgehead atoms. The van der Waals surface area contributed by atoms with Crippen LogP contribution in [0.1, 0.15) is 16.2 Å². The standard InChI is InChI=1S/C9H9N3O4S/c1-17(15,16)5-7-10-8-4-6(9(13)14)2-3-12(8)11-7/h2-4H,5H2,1H3,(H,13,14). The summed E-state index contributed by atoms with van der Waals surface area (Å²) >= 11 is 0. The van der Waals surface area contributed by atoms with Crippen LogP contribution >= 0.6 is 0 Å². The smallest absolute Gasteiger partial charge is 0.335 e. The fraction of sp³-hybridized carbons (Fsp3) is 0.222. The van der Waals surface area contributed by atoms with Crippen molar-refractivity contribution in [3.8, 4) is 0 Å². The number of carboxylic acids is 1. The monoisotopic (exact) mass is 255 g/mol. The Bertz CT molecular complexity index is 689. The molecule has 0 saturated heterocycles. The largest absolute Gasteiger partial charge is 0.478 e. The lowest BCUT2D eigenvalue weighted by Crippen LogP contribution is -2.02. The molecule has 0 atom stereocenters. The fourth-order valence-corrected chi connectivity index (χ4v) is 1.95. The predicted molar refractivity (Wildman–Crippen MR) is 58.5 cm³/mol. The third-order valence-corrected chi connectivity index (χ3v) is 2.80. The summed E-state index contributed by atoms with van der Waals surface area (Å²) in [6.07, 6.45) is 2.51. The van der Waals surface area contributed by atoms with Gasteiger partial charge in [0.1, 0.15) is 5.75 Å². The molecule has 0 unspecified atom stereocenters. The van der Waals surface area contributed by atoms with E-state index in [9.17, 15) is 13.2 Å². The normalized spacial score (nSPS) is 11.8. The number of aromatic nitrogens is 3. The van der Waals surface area contributed by atoms with Crippen molar-refractivity contribution in [3.05, 3.63) is 29.7 Å². The zero-order chi connectivity index (χ0) is 12.6. The van der Waals surface area contributed by atoms with Crippen LogP contribution in [0.2, 0.25) is 0 Å². The lowest BCUT2D eigenvalue weighted by atomic mass is 10.3. The van der Waals surface area contributed by atoms with E-state index in [1.54, 1.807) is 0 Å². The summed E-state index contributed by atoms with van der Waals surface area (Å²) < 4.78 is 23.5. The minimum Gasteiger partial charge on any atom is -0.478 e. The molecular weight excluding hydrogens is 246 g/mol. The quantitative estimate of drug-likeness (QED) is 0.826. The summed E-state index contributed by atoms with van der Waals surface area (Å²) in [5.74, 6) is -1.19. The third kappa shape index (κ3) is 2.59. The van der Waals surface area contributed by atoms with Crippen molar-refractivity contribution in [2.45, 2.75) is 5.75 Å². The summed E-state index contributed by atoms with van der Waals surface area (Å²) in [6.45, 7) is 0. The number of aromatic carboxylic acids is 1. The molecule has 2 aromatic heterocycles. The number of fused-ring (bicyclic) bond motifs is 1. The summed E-state index contributed by atoms with van der Waals surface area (Å²) in [5, 5.41) is 12.7. The molecule has 0 radical (unpaired) electrons. The highest BCUT2D eigenvalue weighted by molar-refractivity contribution is 7.89. The van der Waals surface area contributed by atoms with Crippen LogP contribution in [0, 0.1) is 0 Å². The van der Waals surface area contributed by atoms with Crippen molar-refractivity contribution < 1.29 is 18.3 Å². The minimum absolute atomic E-state index is 0.0794. The molecule has 0 aliphatic heterocycles. The maximum atomic E-state index is 11.1. The Labute approximate surface area is 96.6 Å². The fourth-order valence-electron chi connectivity index (χ4n) is 1.36.